The van der Waals surface area contributed by atoms with Crippen molar-refractivity contribution in [3.8, 4) is 11.5 Å². The summed E-state index contributed by atoms with van der Waals surface area (Å²) in [5.41, 5.74) is 0.687. The maximum atomic E-state index is 14.4. The number of amides is 2. The number of benzene rings is 2. The molecule has 0 bridgehead atoms. The standard InChI is InChI=1S/C27H36FN3O6S/c1-19(2)17-29-27(33)20(3)30(18-21-8-5-6-9-23(21)28)26(32)10-7-13-31(38(4,34)35)22-11-12-24-25(16-22)37-15-14-36-24/h5-6,8-9,11-12,16,19-20H,7,10,13-15,17-18H2,1-4H3,(H,29,33)/t20-/m1/s1. The minimum Gasteiger partial charge on any atom is -0.486 e. The Morgan fingerprint density at radius 3 is 2.39 bits per heavy atom. The number of halogens is 1. The Bertz CT molecular complexity index is 1240. The number of carbonyl (C=O) groups is 2. The number of rotatable bonds is 12. The first-order valence-corrected chi connectivity index (χ1v) is 14.5. The van der Waals surface area contributed by atoms with Crippen molar-refractivity contribution < 1.29 is 31.9 Å². The van der Waals surface area contributed by atoms with Crippen LogP contribution in [0.15, 0.2) is 42.5 Å². The number of anilines is 1. The predicted molar refractivity (Wildman–Crippen MR) is 143 cm³/mol. The highest BCUT2D eigenvalue weighted by Gasteiger charge is 2.27. The highest BCUT2D eigenvalue weighted by molar-refractivity contribution is 7.92. The summed E-state index contributed by atoms with van der Waals surface area (Å²) < 4.78 is 51.8. The Labute approximate surface area is 224 Å². The summed E-state index contributed by atoms with van der Waals surface area (Å²) in [5, 5.41) is 2.82. The normalized spacial score (nSPS) is 13.6. The van der Waals surface area contributed by atoms with Gasteiger partial charge in [-0.15, -0.1) is 0 Å². The van der Waals surface area contributed by atoms with Crippen LogP contribution in [-0.4, -0.2) is 63.7 Å². The topological polar surface area (TPSA) is 105 Å². The van der Waals surface area contributed by atoms with Crippen LogP contribution in [0.2, 0.25) is 0 Å². The molecular formula is C27H36FN3O6S. The third kappa shape index (κ3) is 7.83. The van der Waals surface area contributed by atoms with Crippen molar-refractivity contribution in [2.75, 3.05) is 36.9 Å². The van der Waals surface area contributed by atoms with E-state index in [9.17, 15) is 22.4 Å². The van der Waals surface area contributed by atoms with E-state index < -0.39 is 21.9 Å². The number of carbonyl (C=O) groups excluding carboxylic acids is 2. The summed E-state index contributed by atoms with van der Waals surface area (Å²) in [6, 6.07) is 10.1. The molecule has 0 aliphatic carbocycles. The predicted octanol–water partition coefficient (Wildman–Crippen LogP) is 3.33. The van der Waals surface area contributed by atoms with E-state index in [-0.39, 0.29) is 43.7 Å². The largest absolute Gasteiger partial charge is 0.486 e. The minimum atomic E-state index is -3.66. The second-order valence-electron chi connectivity index (χ2n) is 9.69. The SMILES string of the molecule is CC(C)CNC(=O)[C@@H](C)N(Cc1ccccc1F)C(=O)CCCN(c1ccc2c(c1)OCCO2)S(C)(=O)=O. The summed E-state index contributed by atoms with van der Waals surface area (Å²) in [4.78, 5) is 27.4. The van der Waals surface area contributed by atoms with Gasteiger partial charge in [-0.25, -0.2) is 12.8 Å². The maximum absolute atomic E-state index is 14.4. The Kier molecular flexibility index (Phi) is 9.96. The van der Waals surface area contributed by atoms with Crippen LogP contribution in [0.3, 0.4) is 0 Å². The molecule has 1 atom stereocenters. The van der Waals surface area contributed by atoms with Crippen molar-refractivity contribution in [1.82, 2.24) is 10.2 Å². The van der Waals surface area contributed by atoms with E-state index in [0.29, 0.717) is 42.5 Å². The second-order valence-corrected chi connectivity index (χ2v) is 11.6. The van der Waals surface area contributed by atoms with Gasteiger partial charge in [-0.3, -0.25) is 13.9 Å². The van der Waals surface area contributed by atoms with E-state index in [1.807, 2.05) is 13.8 Å². The highest BCUT2D eigenvalue weighted by Crippen LogP contribution is 2.34. The van der Waals surface area contributed by atoms with Gasteiger partial charge >= 0.3 is 0 Å². The summed E-state index contributed by atoms with van der Waals surface area (Å²) in [7, 11) is -3.66. The third-order valence-electron chi connectivity index (χ3n) is 6.12. The van der Waals surface area contributed by atoms with E-state index in [2.05, 4.69) is 5.32 Å². The fourth-order valence-corrected chi connectivity index (χ4v) is 4.99. The van der Waals surface area contributed by atoms with Crippen molar-refractivity contribution >= 4 is 27.5 Å². The number of hydrogen-bond donors (Lipinski definition) is 1. The van der Waals surface area contributed by atoms with Crippen molar-refractivity contribution in [2.45, 2.75) is 46.2 Å². The summed E-state index contributed by atoms with van der Waals surface area (Å²) in [6.45, 7) is 6.71. The molecule has 1 N–H and O–H groups in total. The van der Waals surface area contributed by atoms with Crippen LogP contribution in [-0.2, 0) is 26.2 Å². The molecule has 0 saturated carbocycles. The Morgan fingerprint density at radius 2 is 1.74 bits per heavy atom. The van der Waals surface area contributed by atoms with E-state index in [4.69, 9.17) is 9.47 Å². The molecule has 3 rings (SSSR count). The summed E-state index contributed by atoms with van der Waals surface area (Å²) in [5.74, 6) is 0.0350. The Morgan fingerprint density at radius 1 is 1.05 bits per heavy atom. The van der Waals surface area contributed by atoms with Crippen molar-refractivity contribution in [2.24, 2.45) is 5.92 Å². The van der Waals surface area contributed by atoms with Crippen LogP contribution in [0.1, 0.15) is 39.2 Å². The number of fused-ring (bicyclic) bond motifs is 1. The molecular weight excluding hydrogens is 513 g/mol. The van der Waals surface area contributed by atoms with Gasteiger partial charge in [-0.1, -0.05) is 32.0 Å². The van der Waals surface area contributed by atoms with Crippen LogP contribution in [0.5, 0.6) is 11.5 Å². The van der Waals surface area contributed by atoms with Gasteiger partial charge in [0.1, 0.15) is 25.1 Å². The van der Waals surface area contributed by atoms with Crippen LogP contribution in [0.4, 0.5) is 10.1 Å². The highest BCUT2D eigenvalue weighted by atomic mass is 32.2. The molecule has 0 saturated heterocycles. The van der Waals surface area contributed by atoms with Crippen molar-refractivity contribution in [3.05, 3.63) is 53.8 Å². The summed E-state index contributed by atoms with van der Waals surface area (Å²) in [6.07, 6.45) is 1.25. The number of nitrogens with zero attached hydrogens (tertiary/aromatic N) is 2. The molecule has 0 radical (unpaired) electrons. The molecule has 11 heteroatoms. The lowest BCUT2D eigenvalue weighted by molar-refractivity contribution is -0.140. The van der Waals surface area contributed by atoms with Gasteiger partial charge in [0.25, 0.3) is 0 Å². The molecule has 38 heavy (non-hydrogen) atoms. The van der Waals surface area contributed by atoms with Crippen LogP contribution in [0, 0.1) is 11.7 Å². The molecule has 2 aromatic carbocycles. The second kappa shape index (κ2) is 12.9. The molecule has 0 aromatic heterocycles. The van der Waals surface area contributed by atoms with Gasteiger partial charge < -0.3 is 19.7 Å². The van der Waals surface area contributed by atoms with Gasteiger partial charge in [0.2, 0.25) is 21.8 Å². The lowest BCUT2D eigenvalue weighted by atomic mass is 10.1. The van der Waals surface area contributed by atoms with Gasteiger partial charge in [-0.2, -0.15) is 0 Å². The zero-order valence-electron chi connectivity index (χ0n) is 22.3. The molecule has 0 fully saturated rings. The Balaban J connectivity index is 1.73. The zero-order valence-corrected chi connectivity index (χ0v) is 23.1. The molecule has 2 amide bonds. The molecule has 1 aliphatic rings. The average molecular weight is 550 g/mol. The van der Waals surface area contributed by atoms with E-state index in [1.54, 1.807) is 43.3 Å². The summed E-state index contributed by atoms with van der Waals surface area (Å²) >= 11 is 0. The first-order valence-electron chi connectivity index (χ1n) is 12.6. The monoisotopic (exact) mass is 549 g/mol. The van der Waals surface area contributed by atoms with Crippen LogP contribution >= 0.6 is 0 Å². The molecule has 0 spiro atoms. The van der Waals surface area contributed by atoms with Gasteiger partial charge in [0.15, 0.2) is 11.5 Å². The third-order valence-corrected chi connectivity index (χ3v) is 7.31. The van der Waals surface area contributed by atoms with Crippen LogP contribution < -0.4 is 19.1 Å². The zero-order chi connectivity index (χ0) is 27.9. The number of sulfonamides is 1. The molecule has 208 valence electrons. The molecule has 0 unspecified atom stereocenters. The Hall–Kier alpha value is -3.34. The first-order chi connectivity index (χ1) is 18.0. The fourth-order valence-electron chi connectivity index (χ4n) is 4.04. The van der Waals surface area contributed by atoms with E-state index in [1.165, 1.54) is 15.3 Å². The lowest BCUT2D eigenvalue weighted by Gasteiger charge is -2.30. The van der Waals surface area contributed by atoms with Gasteiger partial charge in [-0.05, 0) is 37.5 Å². The van der Waals surface area contributed by atoms with Gasteiger partial charge in [0.05, 0.1) is 11.9 Å². The van der Waals surface area contributed by atoms with E-state index >= 15 is 0 Å². The number of nitrogens with one attached hydrogen (secondary N) is 1. The fraction of sp³-hybridized carbons (Fsp3) is 0.481. The quantitative estimate of drug-likeness (QED) is 0.436. The van der Waals surface area contributed by atoms with Crippen molar-refractivity contribution in [3.63, 3.8) is 0 Å². The minimum absolute atomic E-state index is 0.0334. The molecule has 1 aliphatic heterocycles. The number of hydrogen-bond acceptors (Lipinski definition) is 6. The molecule has 9 nitrogen and oxygen atoms in total. The maximum Gasteiger partial charge on any atom is 0.242 e. The van der Waals surface area contributed by atoms with Crippen molar-refractivity contribution in [1.29, 1.82) is 0 Å². The molecule has 1 heterocycles. The molecule has 2 aromatic rings. The van der Waals surface area contributed by atoms with Crippen LogP contribution in [0.25, 0.3) is 0 Å². The van der Waals surface area contributed by atoms with E-state index in [0.717, 1.165) is 6.26 Å². The average Bonchev–Trinajstić information content (AvgIpc) is 2.87. The first kappa shape index (κ1) is 29.2. The smallest absolute Gasteiger partial charge is 0.242 e. The number of ether oxygens (including phenoxy) is 2. The van der Waals surface area contributed by atoms with Gasteiger partial charge in [0, 0.05) is 37.7 Å². The lowest BCUT2D eigenvalue weighted by Crippen LogP contribution is -2.48.